The second-order valence-electron chi connectivity index (χ2n) is 32.5. The fraction of sp³-hybridized carbons (Fsp3) is 0.588. The van der Waals surface area contributed by atoms with Gasteiger partial charge in [0.05, 0.1) is 4.90 Å². The number of piperidine rings is 4. The number of pyridine rings is 1. The fourth-order valence-electron chi connectivity index (χ4n) is 14.4. The average molecular weight is 1300 g/mol. The predicted octanol–water partition coefficient (Wildman–Crippen LogP) is 20.5. The maximum atomic E-state index is 11.8. The lowest BCUT2D eigenvalue weighted by molar-refractivity contribution is 0.0455. The summed E-state index contributed by atoms with van der Waals surface area (Å²) in [5.41, 5.74) is 15.1. The standard InChI is InChI=1S/C16H25N.C15H23N.C15H17N.C14H21N.C13H25N.C12H19NO2S/c1-12(2)17-7-5-15(6-8-17)16-10-13(3)9-14(4)11-16;1-12(2)16-10-8-15(9-11-16)14-6-4-13(3)5-7-14;1-15(2,3)14-8-6-12(7-9-14)13-5-4-10-16-11-13;1-12(2)15-10-8-14(9-11-15)13-6-4-3-5-7-13;1-12(2,3)14-10-8-13(9-11-14)6-4-5-7-13;1-12(2,3)10-6-8-11(9-7-10)16(14,15)13(4)5/h9-12,15H,5-8H2,1-4H3;4-7,12,15H,8-11H2,1-3H3;4-11H,1-3H3;3-7,12,14H,8-11H2,1-2H3;4-11H2,1-3H3;6-9H,1-5H3. The van der Waals surface area contributed by atoms with Gasteiger partial charge in [0.1, 0.15) is 0 Å². The van der Waals surface area contributed by atoms with E-state index >= 15 is 0 Å². The topological polar surface area (TPSA) is 63.2 Å². The summed E-state index contributed by atoms with van der Waals surface area (Å²) in [6.45, 7) is 50.6. The Morgan fingerprint density at radius 3 is 1.22 bits per heavy atom. The van der Waals surface area contributed by atoms with Crippen LogP contribution in [0.1, 0.15) is 243 Å². The van der Waals surface area contributed by atoms with E-state index in [1.807, 2.05) is 24.4 Å². The maximum Gasteiger partial charge on any atom is 0.242 e. The van der Waals surface area contributed by atoms with Gasteiger partial charge in [-0.25, -0.2) is 12.7 Å². The van der Waals surface area contributed by atoms with Gasteiger partial charge in [-0.2, -0.15) is 0 Å². The summed E-state index contributed by atoms with van der Waals surface area (Å²) in [5.74, 6) is 2.36. The molecule has 0 radical (unpaired) electrons. The van der Waals surface area contributed by atoms with E-state index in [2.05, 4.69) is 252 Å². The lowest BCUT2D eigenvalue weighted by Crippen LogP contribution is -2.48. The van der Waals surface area contributed by atoms with Crippen LogP contribution in [0.3, 0.4) is 0 Å². The molecule has 1 spiro atoms. The Balaban J connectivity index is 0.000000179. The molecular weight excluding hydrogens is 1170 g/mol. The van der Waals surface area contributed by atoms with Crippen molar-refractivity contribution in [2.24, 2.45) is 5.41 Å². The number of hydrogen-bond donors (Lipinski definition) is 0. The van der Waals surface area contributed by atoms with E-state index in [4.69, 9.17) is 0 Å². The zero-order valence-corrected chi connectivity index (χ0v) is 63.7. The molecule has 4 saturated heterocycles. The molecule has 0 atom stereocenters. The molecule has 5 heterocycles. The summed E-state index contributed by atoms with van der Waals surface area (Å²) >= 11 is 0. The Morgan fingerprint density at radius 1 is 0.447 bits per heavy atom. The minimum atomic E-state index is -3.31. The number of rotatable bonds is 9. The summed E-state index contributed by atoms with van der Waals surface area (Å²) in [7, 11) is -0.236. The van der Waals surface area contributed by atoms with Crippen LogP contribution in [0.5, 0.6) is 0 Å². The van der Waals surface area contributed by atoms with Crippen molar-refractivity contribution in [1.82, 2.24) is 28.9 Å². The first-order chi connectivity index (χ1) is 44.2. The van der Waals surface area contributed by atoms with Gasteiger partial charge in [-0.05, 0) is 291 Å². The summed E-state index contributed by atoms with van der Waals surface area (Å²) in [5, 5.41) is 0. The SMILES string of the molecule is CC(C)(C)N1CCC2(CCCC2)CC1.CC(C)(C)c1ccc(-c2cccnc2)cc1.CC(C)N1CCC(c2ccccc2)CC1.CN(C)S(=O)(=O)c1ccc(C(C)(C)C)cc1.Cc1cc(C)cc(C2CCN(C(C)C)CC2)c1.Cc1ccc(C2CCN(C(C)C)CC2)cc1. The van der Waals surface area contributed by atoms with Crippen LogP contribution >= 0.6 is 0 Å². The molecule has 0 unspecified atom stereocenters. The van der Waals surface area contributed by atoms with E-state index in [0.29, 0.717) is 28.6 Å². The highest BCUT2D eigenvalue weighted by atomic mass is 32.2. The normalized spacial score (nSPS) is 18.3. The van der Waals surface area contributed by atoms with E-state index in [1.54, 1.807) is 23.9 Å². The highest BCUT2D eigenvalue weighted by molar-refractivity contribution is 7.89. The molecule has 5 aromatic carbocycles. The first-order valence-electron chi connectivity index (χ1n) is 36.5. The van der Waals surface area contributed by atoms with Gasteiger partial charge in [0, 0.05) is 50.2 Å². The summed E-state index contributed by atoms with van der Waals surface area (Å²) in [4.78, 5) is 14.9. The molecule has 1 aliphatic carbocycles. The van der Waals surface area contributed by atoms with E-state index < -0.39 is 10.0 Å². The van der Waals surface area contributed by atoms with Gasteiger partial charge < -0.3 is 14.7 Å². The number of nitrogens with zero attached hydrogens (tertiary/aromatic N) is 6. The van der Waals surface area contributed by atoms with Crippen LogP contribution in [0, 0.1) is 26.2 Å². The van der Waals surface area contributed by atoms with E-state index in [9.17, 15) is 8.42 Å². The van der Waals surface area contributed by atoms with Gasteiger partial charge in [-0.3, -0.25) is 9.88 Å². The van der Waals surface area contributed by atoms with Crippen molar-refractivity contribution in [3.63, 3.8) is 0 Å². The van der Waals surface area contributed by atoms with E-state index in [-0.39, 0.29) is 10.8 Å². The molecule has 518 valence electrons. The molecule has 4 aliphatic heterocycles. The second kappa shape index (κ2) is 36.0. The molecule has 11 rings (SSSR count). The largest absolute Gasteiger partial charge is 0.301 e. The van der Waals surface area contributed by atoms with Gasteiger partial charge in [0.2, 0.25) is 10.0 Å². The lowest BCUT2D eigenvalue weighted by Gasteiger charge is -2.45. The number of aromatic nitrogens is 1. The first kappa shape index (κ1) is 78.0. The van der Waals surface area contributed by atoms with Crippen LogP contribution < -0.4 is 0 Å². The molecular formula is C85H130N6O2S. The predicted molar refractivity (Wildman–Crippen MR) is 405 cm³/mol. The first-order valence-corrected chi connectivity index (χ1v) is 37.9. The highest BCUT2D eigenvalue weighted by Crippen LogP contribution is 2.47. The molecule has 0 N–H and O–H groups in total. The molecule has 94 heavy (non-hydrogen) atoms. The van der Waals surface area contributed by atoms with Crippen LogP contribution in [-0.2, 0) is 20.9 Å². The molecule has 0 amide bonds. The lowest BCUT2D eigenvalue weighted by atomic mass is 9.76. The third-order valence-electron chi connectivity index (χ3n) is 21.0. The highest BCUT2D eigenvalue weighted by Gasteiger charge is 2.39. The monoisotopic (exact) mass is 1300 g/mol. The third kappa shape index (κ3) is 24.5. The summed E-state index contributed by atoms with van der Waals surface area (Å²) < 4.78 is 24.9. The Morgan fingerprint density at radius 2 is 0.851 bits per heavy atom. The Kier molecular flexibility index (Phi) is 29.9. The Labute approximate surface area is 576 Å². The van der Waals surface area contributed by atoms with Crippen molar-refractivity contribution in [1.29, 1.82) is 0 Å². The zero-order chi connectivity index (χ0) is 69.0. The van der Waals surface area contributed by atoms with Crippen molar-refractivity contribution in [3.05, 3.63) is 190 Å². The zero-order valence-electron chi connectivity index (χ0n) is 62.9. The number of benzene rings is 5. The van der Waals surface area contributed by atoms with Gasteiger partial charge in [-0.1, -0.05) is 186 Å². The minimum absolute atomic E-state index is 0.0421. The second-order valence-corrected chi connectivity index (χ2v) is 34.6. The smallest absolute Gasteiger partial charge is 0.242 e. The summed E-state index contributed by atoms with van der Waals surface area (Å²) in [6, 6.07) is 49.1. The number of aryl methyl sites for hydroxylation is 3. The molecule has 6 aromatic rings. The Bertz CT molecular complexity index is 3170. The maximum absolute atomic E-state index is 11.8. The number of hydrogen-bond acceptors (Lipinski definition) is 7. The average Bonchev–Trinajstić information content (AvgIpc) is 1.66. The van der Waals surface area contributed by atoms with Crippen molar-refractivity contribution in [2.75, 3.05) is 66.5 Å². The van der Waals surface area contributed by atoms with Gasteiger partial charge >= 0.3 is 0 Å². The van der Waals surface area contributed by atoms with Crippen LogP contribution in [0.25, 0.3) is 11.1 Å². The molecule has 5 aliphatic rings. The van der Waals surface area contributed by atoms with Crippen LogP contribution in [-0.4, -0.2) is 127 Å². The number of sulfonamides is 1. The number of likely N-dealkylation sites (tertiary alicyclic amines) is 4. The fourth-order valence-corrected chi connectivity index (χ4v) is 15.3. The van der Waals surface area contributed by atoms with Crippen molar-refractivity contribution < 1.29 is 8.42 Å². The minimum Gasteiger partial charge on any atom is -0.301 e. The summed E-state index contributed by atoms with van der Waals surface area (Å²) in [6.07, 6.45) is 20.6. The molecule has 8 nitrogen and oxygen atoms in total. The van der Waals surface area contributed by atoms with Crippen molar-refractivity contribution in [2.45, 2.75) is 259 Å². The van der Waals surface area contributed by atoms with E-state index in [0.717, 1.165) is 28.7 Å². The van der Waals surface area contributed by atoms with Gasteiger partial charge in [-0.15, -0.1) is 0 Å². The Hall–Kier alpha value is -5.00. The van der Waals surface area contributed by atoms with Gasteiger partial charge in [0.15, 0.2) is 0 Å². The molecule has 0 bridgehead atoms. The van der Waals surface area contributed by atoms with Crippen molar-refractivity contribution in [3.8, 4) is 11.1 Å². The van der Waals surface area contributed by atoms with Gasteiger partial charge in [0.25, 0.3) is 0 Å². The molecule has 9 heteroatoms. The van der Waals surface area contributed by atoms with Crippen LogP contribution in [0.4, 0.5) is 0 Å². The van der Waals surface area contributed by atoms with E-state index in [1.165, 1.54) is 192 Å². The molecule has 1 saturated carbocycles. The third-order valence-corrected chi connectivity index (χ3v) is 22.8. The quantitative estimate of drug-likeness (QED) is 0.143. The molecule has 5 fully saturated rings. The van der Waals surface area contributed by atoms with Crippen LogP contribution in [0.2, 0.25) is 0 Å². The molecule has 1 aromatic heterocycles. The van der Waals surface area contributed by atoms with Crippen LogP contribution in [0.15, 0.2) is 151 Å². The van der Waals surface area contributed by atoms with Crippen molar-refractivity contribution >= 4 is 10.0 Å².